The Bertz CT molecular complexity index is 370. The molecule has 1 aromatic rings. The molecule has 0 saturated heterocycles. The van der Waals surface area contributed by atoms with Crippen LogP contribution in [0.2, 0.25) is 0 Å². The molecule has 0 aliphatic carbocycles. The molecule has 0 fully saturated rings. The Morgan fingerprint density at radius 1 is 1.29 bits per heavy atom. The van der Waals surface area contributed by atoms with Crippen molar-refractivity contribution < 1.29 is 4.79 Å². The number of benzene rings is 1. The van der Waals surface area contributed by atoms with Crippen LogP contribution >= 0.6 is 11.6 Å². The van der Waals surface area contributed by atoms with Crippen LogP contribution in [0.5, 0.6) is 0 Å². The lowest BCUT2D eigenvalue weighted by Gasteiger charge is -2.21. The average molecular weight is 254 g/mol. The van der Waals surface area contributed by atoms with Gasteiger partial charge in [-0.2, -0.15) is 0 Å². The van der Waals surface area contributed by atoms with E-state index in [1.54, 1.807) is 0 Å². The van der Waals surface area contributed by atoms with Crippen molar-refractivity contribution in [3.63, 3.8) is 0 Å². The first-order valence-corrected chi connectivity index (χ1v) is 6.45. The SMILES string of the molecule is CCc1ccc(C(=O)NCC(C)(C)CCl)cc1. The van der Waals surface area contributed by atoms with Gasteiger partial charge in [0.1, 0.15) is 0 Å². The maximum atomic E-state index is 11.9. The topological polar surface area (TPSA) is 29.1 Å². The van der Waals surface area contributed by atoms with Gasteiger partial charge in [-0.3, -0.25) is 4.79 Å². The lowest BCUT2D eigenvalue weighted by Crippen LogP contribution is -2.34. The molecule has 0 spiro atoms. The Morgan fingerprint density at radius 2 is 1.88 bits per heavy atom. The van der Waals surface area contributed by atoms with E-state index in [2.05, 4.69) is 12.2 Å². The lowest BCUT2D eigenvalue weighted by molar-refractivity contribution is 0.0940. The number of nitrogens with one attached hydrogen (secondary N) is 1. The normalized spacial score (nSPS) is 11.3. The highest BCUT2D eigenvalue weighted by Crippen LogP contribution is 2.15. The second-order valence-electron chi connectivity index (χ2n) is 5.03. The Kier molecular flexibility index (Phi) is 5.01. The number of halogens is 1. The summed E-state index contributed by atoms with van der Waals surface area (Å²) in [6.07, 6.45) is 0.987. The smallest absolute Gasteiger partial charge is 0.251 e. The number of aryl methyl sites for hydroxylation is 1. The van der Waals surface area contributed by atoms with E-state index in [1.165, 1.54) is 5.56 Å². The molecule has 0 saturated carbocycles. The molecule has 0 heterocycles. The molecule has 0 aromatic heterocycles. The van der Waals surface area contributed by atoms with Crippen molar-refractivity contribution in [3.05, 3.63) is 35.4 Å². The minimum absolute atomic E-state index is 0.0363. The third-order valence-electron chi connectivity index (χ3n) is 2.71. The Hall–Kier alpha value is -1.02. The van der Waals surface area contributed by atoms with E-state index >= 15 is 0 Å². The second-order valence-corrected chi connectivity index (χ2v) is 5.30. The fraction of sp³-hybridized carbons (Fsp3) is 0.500. The van der Waals surface area contributed by atoms with Crippen LogP contribution in [-0.2, 0) is 6.42 Å². The summed E-state index contributed by atoms with van der Waals surface area (Å²) in [6.45, 7) is 6.74. The Balaban J connectivity index is 2.58. The summed E-state index contributed by atoms with van der Waals surface area (Å²) in [4.78, 5) is 11.9. The van der Waals surface area contributed by atoms with E-state index in [1.807, 2.05) is 38.1 Å². The zero-order valence-corrected chi connectivity index (χ0v) is 11.5. The number of hydrogen-bond donors (Lipinski definition) is 1. The molecule has 0 aliphatic rings. The molecule has 0 atom stereocenters. The average Bonchev–Trinajstić information content (AvgIpc) is 2.36. The van der Waals surface area contributed by atoms with Crippen molar-refractivity contribution in [2.24, 2.45) is 5.41 Å². The molecule has 3 heteroatoms. The summed E-state index contributed by atoms with van der Waals surface area (Å²) < 4.78 is 0. The third kappa shape index (κ3) is 4.39. The lowest BCUT2D eigenvalue weighted by atomic mass is 9.96. The molecule has 0 radical (unpaired) electrons. The Morgan fingerprint density at radius 3 is 2.35 bits per heavy atom. The zero-order chi connectivity index (χ0) is 12.9. The number of rotatable bonds is 5. The van der Waals surface area contributed by atoms with E-state index in [-0.39, 0.29) is 11.3 Å². The number of alkyl halides is 1. The summed E-state index contributed by atoms with van der Waals surface area (Å²) in [5, 5.41) is 2.90. The van der Waals surface area contributed by atoms with E-state index in [0.717, 1.165) is 6.42 Å². The molecular weight excluding hydrogens is 234 g/mol. The van der Waals surface area contributed by atoms with Crippen LogP contribution < -0.4 is 5.32 Å². The minimum Gasteiger partial charge on any atom is -0.351 e. The summed E-state index contributed by atoms with van der Waals surface area (Å²) >= 11 is 5.81. The van der Waals surface area contributed by atoms with Gasteiger partial charge < -0.3 is 5.32 Å². The van der Waals surface area contributed by atoms with Gasteiger partial charge in [0.15, 0.2) is 0 Å². The van der Waals surface area contributed by atoms with E-state index < -0.39 is 0 Å². The van der Waals surface area contributed by atoms with Gasteiger partial charge >= 0.3 is 0 Å². The second kappa shape index (κ2) is 6.06. The van der Waals surface area contributed by atoms with Crippen molar-refractivity contribution in [1.82, 2.24) is 5.32 Å². The molecular formula is C14H20ClNO. The predicted molar refractivity (Wildman–Crippen MR) is 72.7 cm³/mol. The maximum Gasteiger partial charge on any atom is 0.251 e. The van der Waals surface area contributed by atoms with Crippen LogP contribution in [0.15, 0.2) is 24.3 Å². The van der Waals surface area contributed by atoms with E-state index in [0.29, 0.717) is 18.0 Å². The number of amides is 1. The quantitative estimate of drug-likeness (QED) is 0.802. The fourth-order valence-electron chi connectivity index (χ4n) is 1.36. The van der Waals surface area contributed by atoms with Gasteiger partial charge in [0.05, 0.1) is 0 Å². The zero-order valence-electron chi connectivity index (χ0n) is 10.7. The molecule has 94 valence electrons. The van der Waals surface area contributed by atoms with E-state index in [9.17, 15) is 4.79 Å². The van der Waals surface area contributed by atoms with Crippen molar-refractivity contribution >= 4 is 17.5 Å². The van der Waals surface area contributed by atoms with Gasteiger partial charge in [0, 0.05) is 18.0 Å². The van der Waals surface area contributed by atoms with Gasteiger partial charge in [-0.15, -0.1) is 11.6 Å². The standard InChI is InChI=1S/C14H20ClNO/c1-4-11-5-7-12(8-6-11)13(17)16-10-14(2,3)9-15/h5-8H,4,9-10H2,1-3H3,(H,16,17). The predicted octanol–water partition coefficient (Wildman–Crippen LogP) is 3.24. The highest BCUT2D eigenvalue weighted by Gasteiger charge is 2.17. The van der Waals surface area contributed by atoms with Gasteiger partial charge in [-0.1, -0.05) is 32.9 Å². The van der Waals surface area contributed by atoms with Crippen molar-refractivity contribution in [2.75, 3.05) is 12.4 Å². The van der Waals surface area contributed by atoms with Crippen LogP contribution in [0, 0.1) is 5.41 Å². The summed E-state index contributed by atoms with van der Waals surface area (Å²) in [7, 11) is 0. The Labute approximate surface area is 108 Å². The van der Waals surface area contributed by atoms with Gasteiger partial charge in [0.25, 0.3) is 5.91 Å². The molecule has 0 aliphatic heterocycles. The van der Waals surface area contributed by atoms with Gasteiger partial charge in [0.2, 0.25) is 0 Å². The molecule has 2 nitrogen and oxygen atoms in total. The molecule has 1 rings (SSSR count). The number of carbonyl (C=O) groups excluding carboxylic acids is 1. The molecule has 1 amide bonds. The van der Waals surface area contributed by atoms with Gasteiger partial charge in [-0.05, 0) is 29.5 Å². The highest BCUT2D eigenvalue weighted by atomic mass is 35.5. The van der Waals surface area contributed by atoms with Crippen molar-refractivity contribution in [3.8, 4) is 0 Å². The monoisotopic (exact) mass is 253 g/mol. The summed E-state index contributed by atoms with van der Waals surface area (Å²) in [5.41, 5.74) is 1.87. The molecule has 0 unspecified atom stereocenters. The van der Waals surface area contributed by atoms with Crippen LogP contribution in [0.4, 0.5) is 0 Å². The van der Waals surface area contributed by atoms with Crippen LogP contribution in [0.1, 0.15) is 36.7 Å². The molecule has 17 heavy (non-hydrogen) atoms. The molecule has 1 aromatic carbocycles. The van der Waals surface area contributed by atoms with E-state index in [4.69, 9.17) is 11.6 Å². The summed E-state index contributed by atoms with van der Waals surface area (Å²) in [5.74, 6) is 0.494. The minimum atomic E-state index is -0.0689. The summed E-state index contributed by atoms with van der Waals surface area (Å²) in [6, 6.07) is 7.70. The first-order chi connectivity index (χ1) is 7.98. The number of carbonyl (C=O) groups is 1. The van der Waals surface area contributed by atoms with Crippen LogP contribution in [-0.4, -0.2) is 18.3 Å². The first-order valence-electron chi connectivity index (χ1n) is 5.91. The first kappa shape index (κ1) is 14.0. The van der Waals surface area contributed by atoms with Gasteiger partial charge in [-0.25, -0.2) is 0 Å². The maximum absolute atomic E-state index is 11.9. The highest BCUT2D eigenvalue weighted by molar-refractivity contribution is 6.18. The molecule has 1 N–H and O–H groups in total. The number of hydrogen-bond acceptors (Lipinski definition) is 1. The van der Waals surface area contributed by atoms with Crippen molar-refractivity contribution in [1.29, 1.82) is 0 Å². The van der Waals surface area contributed by atoms with Crippen molar-refractivity contribution in [2.45, 2.75) is 27.2 Å². The fourth-order valence-corrected chi connectivity index (χ4v) is 1.46. The largest absolute Gasteiger partial charge is 0.351 e. The van der Waals surface area contributed by atoms with Crippen LogP contribution in [0.25, 0.3) is 0 Å². The van der Waals surface area contributed by atoms with Crippen LogP contribution in [0.3, 0.4) is 0 Å². The third-order valence-corrected chi connectivity index (χ3v) is 3.44. The molecule has 0 bridgehead atoms.